The molecule has 0 amide bonds. The molecule has 0 N–H and O–H groups in total. The lowest BCUT2D eigenvalue weighted by molar-refractivity contribution is -0.107. The fraction of sp³-hybridized carbons (Fsp3) is 0.462. The largest absolute Gasteiger partial charge is 0.377 e. The molecule has 2 nitrogen and oxygen atoms in total. The molecule has 0 aliphatic heterocycles. The van der Waals surface area contributed by atoms with Crippen molar-refractivity contribution in [3.05, 3.63) is 28.8 Å². The molecule has 0 aliphatic carbocycles. The van der Waals surface area contributed by atoms with Gasteiger partial charge in [0.1, 0.15) is 6.29 Å². The van der Waals surface area contributed by atoms with Gasteiger partial charge in [-0.05, 0) is 37.0 Å². The Morgan fingerprint density at radius 3 is 2.13 bits per heavy atom. The van der Waals surface area contributed by atoms with Gasteiger partial charge in [0, 0.05) is 26.2 Å². The number of hydrogen-bond acceptors (Lipinski definition) is 2. The summed E-state index contributed by atoms with van der Waals surface area (Å²) in [4.78, 5) is 12.4. The van der Waals surface area contributed by atoms with Gasteiger partial charge in [0.25, 0.3) is 0 Å². The molecule has 0 atom stereocenters. The number of hydrogen-bond donors (Lipinski definition) is 0. The lowest BCUT2D eigenvalue weighted by atomic mass is 10.0. The van der Waals surface area contributed by atoms with Gasteiger partial charge in [0.15, 0.2) is 0 Å². The molecule has 0 aromatic heterocycles. The van der Waals surface area contributed by atoms with Crippen LogP contribution in [-0.4, -0.2) is 20.4 Å². The number of benzene rings is 1. The summed E-state index contributed by atoms with van der Waals surface area (Å²) in [5.74, 6) is 0. The molecule has 0 unspecified atom stereocenters. The summed E-state index contributed by atoms with van der Waals surface area (Å²) >= 11 is 0. The quantitative estimate of drug-likeness (QED) is 0.704. The Labute approximate surface area is 91.9 Å². The maximum absolute atomic E-state index is 10.3. The van der Waals surface area contributed by atoms with Gasteiger partial charge in [-0.15, -0.1) is 0 Å². The van der Waals surface area contributed by atoms with Crippen LogP contribution in [0.3, 0.4) is 0 Å². The maximum atomic E-state index is 10.3. The van der Waals surface area contributed by atoms with E-state index in [1.165, 1.54) is 22.4 Å². The summed E-state index contributed by atoms with van der Waals surface area (Å²) in [6.07, 6.45) is 2.43. The average molecular weight is 205 g/mol. The highest BCUT2D eigenvalue weighted by molar-refractivity contribution is 5.60. The molecule has 0 saturated carbocycles. The van der Waals surface area contributed by atoms with Gasteiger partial charge in [0.2, 0.25) is 0 Å². The number of rotatable bonds is 4. The molecule has 82 valence electrons. The Bertz CT molecular complexity index is 333. The Morgan fingerprint density at radius 1 is 1.20 bits per heavy atom. The van der Waals surface area contributed by atoms with Crippen molar-refractivity contribution in [1.82, 2.24) is 0 Å². The minimum absolute atomic E-state index is 0.611. The van der Waals surface area contributed by atoms with E-state index in [1.54, 1.807) is 0 Å². The van der Waals surface area contributed by atoms with Crippen molar-refractivity contribution in [2.24, 2.45) is 0 Å². The first kappa shape index (κ1) is 11.8. The SMILES string of the molecule is Cc1cc(CCC=O)cc(C)c1N(C)C. The fourth-order valence-corrected chi connectivity index (χ4v) is 2.12. The molecule has 0 aliphatic rings. The van der Waals surface area contributed by atoms with Crippen molar-refractivity contribution in [2.75, 3.05) is 19.0 Å². The van der Waals surface area contributed by atoms with Crippen LogP contribution in [0.25, 0.3) is 0 Å². The van der Waals surface area contributed by atoms with E-state index in [4.69, 9.17) is 0 Å². The van der Waals surface area contributed by atoms with Gasteiger partial charge in [-0.1, -0.05) is 12.1 Å². The van der Waals surface area contributed by atoms with Crippen molar-refractivity contribution in [3.8, 4) is 0 Å². The van der Waals surface area contributed by atoms with Gasteiger partial charge < -0.3 is 9.69 Å². The monoisotopic (exact) mass is 205 g/mol. The second-order valence-corrected chi connectivity index (χ2v) is 4.18. The number of aryl methyl sites for hydroxylation is 3. The second kappa shape index (κ2) is 4.96. The topological polar surface area (TPSA) is 20.3 Å². The highest BCUT2D eigenvalue weighted by atomic mass is 16.1. The zero-order valence-electron chi connectivity index (χ0n) is 10.0. The van der Waals surface area contributed by atoms with Crippen molar-refractivity contribution >= 4 is 12.0 Å². The summed E-state index contributed by atoms with van der Waals surface area (Å²) < 4.78 is 0. The number of anilines is 1. The van der Waals surface area contributed by atoms with Crippen LogP contribution in [0.2, 0.25) is 0 Å². The fourth-order valence-electron chi connectivity index (χ4n) is 2.12. The predicted molar refractivity (Wildman–Crippen MR) is 64.6 cm³/mol. The molecule has 0 spiro atoms. The summed E-state index contributed by atoms with van der Waals surface area (Å²) in [7, 11) is 4.11. The van der Waals surface area contributed by atoms with Gasteiger partial charge in [-0.3, -0.25) is 0 Å². The molecule has 0 fully saturated rings. The number of nitrogens with zero attached hydrogens (tertiary/aromatic N) is 1. The van der Waals surface area contributed by atoms with E-state index < -0.39 is 0 Å². The molecular weight excluding hydrogens is 186 g/mol. The van der Waals surface area contributed by atoms with Gasteiger partial charge in [0.05, 0.1) is 0 Å². The summed E-state index contributed by atoms with van der Waals surface area (Å²) in [5.41, 5.74) is 5.09. The number of aldehydes is 1. The van der Waals surface area contributed by atoms with Gasteiger partial charge in [-0.25, -0.2) is 0 Å². The van der Waals surface area contributed by atoms with Crippen molar-refractivity contribution in [3.63, 3.8) is 0 Å². The van der Waals surface area contributed by atoms with E-state index in [2.05, 4.69) is 45.0 Å². The first-order valence-corrected chi connectivity index (χ1v) is 5.27. The normalized spacial score (nSPS) is 10.1. The van der Waals surface area contributed by atoms with Crippen LogP contribution < -0.4 is 4.90 Å². The minimum Gasteiger partial charge on any atom is -0.377 e. The zero-order valence-corrected chi connectivity index (χ0v) is 10.0. The smallest absolute Gasteiger partial charge is 0.120 e. The lowest BCUT2D eigenvalue weighted by Crippen LogP contribution is -2.12. The highest BCUT2D eigenvalue weighted by Gasteiger charge is 2.06. The molecule has 1 aromatic rings. The van der Waals surface area contributed by atoms with E-state index in [0.29, 0.717) is 6.42 Å². The first-order valence-electron chi connectivity index (χ1n) is 5.27. The molecule has 15 heavy (non-hydrogen) atoms. The number of carbonyl (C=O) groups is 1. The summed E-state index contributed by atoms with van der Waals surface area (Å²) in [6.45, 7) is 4.24. The van der Waals surface area contributed by atoms with Gasteiger partial charge >= 0.3 is 0 Å². The lowest BCUT2D eigenvalue weighted by Gasteiger charge is -2.19. The summed E-state index contributed by atoms with van der Waals surface area (Å²) in [6, 6.07) is 4.34. The Balaban J connectivity index is 3.02. The molecule has 0 heterocycles. The molecule has 2 heteroatoms. The third-order valence-corrected chi connectivity index (χ3v) is 2.55. The maximum Gasteiger partial charge on any atom is 0.120 e. The third kappa shape index (κ3) is 2.82. The second-order valence-electron chi connectivity index (χ2n) is 4.18. The minimum atomic E-state index is 0.611. The van der Waals surface area contributed by atoms with Crippen molar-refractivity contribution in [2.45, 2.75) is 26.7 Å². The van der Waals surface area contributed by atoms with Crippen LogP contribution in [0, 0.1) is 13.8 Å². The molecule has 1 aromatic carbocycles. The van der Waals surface area contributed by atoms with Crippen LogP contribution in [0.4, 0.5) is 5.69 Å². The Morgan fingerprint density at radius 2 is 1.73 bits per heavy atom. The molecule has 0 radical (unpaired) electrons. The molecule has 1 rings (SSSR count). The predicted octanol–water partition coefficient (Wildman–Crippen LogP) is 2.50. The Kier molecular flexibility index (Phi) is 3.89. The van der Waals surface area contributed by atoms with E-state index >= 15 is 0 Å². The third-order valence-electron chi connectivity index (χ3n) is 2.55. The van der Waals surface area contributed by atoms with Gasteiger partial charge in [-0.2, -0.15) is 0 Å². The Hall–Kier alpha value is -1.31. The van der Waals surface area contributed by atoms with E-state index in [-0.39, 0.29) is 0 Å². The molecular formula is C13H19NO. The van der Waals surface area contributed by atoms with Crippen LogP contribution in [0.15, 0.2) is 12.1 Å². The molecule has 0 saturated heterocycles. The van der Waals surface area contributed by atoms with Crippen LogP contribution in [0.1, 0.15) is 23.1 Å². The van der Waals surface area contributed by atoms with Crippen LogP contribution in [-0.2, 0) is 11.2 Å². The summed E-state index contributed by atoms with van der Waals surface area (Å²) in [5, 5.41) is 0. The molecule has 0 bridgehead atoms. The zero-order chi connectivity index (χ0) is 11.4. The van der Waals surface area contributed by atoms with Crippen LogP contribution in [0.5, 0.6) is 0 Å². The first-order chi connectivity index (χ1) is 7.06. The standard InChI is InChI=1S/C13H19NO/c1-10-8-12(6-5-7-15)9-11(2)13(10)14(3)4/h7-9H,5-6H2,1-4H3. The number of carbonyl (C=O) groups excluding carboxylic acids is 1. The average Bonchev–Trinajstić information content (AvgIpc) is 2.12. The van der Waals surface area contributed by atoms with Crippen molar-refractivity contribution in [1.29, 1.82) is 0 Å². The van der Waals surface area contributed by atoms with E-state index in [9.17, 15) is 4.79 Å². The van der Waals surface area contributed by atoms with E-state index in [0.717, 1.165) is 12.7 Å². The highest BCUT2D eigenvalue weighted by Crippen LogP contribution is 2.24. The van der Waals surface area contributed by atoms with Crippen molar-refractivity contribution < 1.29 is 4.79 Å². The van der Waals surface area contributed by atoms with Crippen LogP contribution >= 0.6 is 0 Å². The van der Waals surface area contributed by atoms with E-state index in [1.807, 2.05) is 0 Å².